The van der Waals surface area contributed by atoms with E-state index in [0.29, 0.717) is 28.7 Å². The Labute approximate surface area is 128 Å². The van der Waals surface area contributed by atoms with Gasteiger partial charge in [0.05, 0.1) is 17.9 Å². The first-order valence-electron chi connectivity index (χ1n) is 6.47. The molecule has 1 N–H and O–H groups in total. The molecule has 0 saturated heterocycles. The zero-order valence-corrected chi connectivity index (χ0v) is 13.0. The van der Waals surface area contributed by atoms with E-state index in [1.807, 2.05) is 36.6 Å². The number of hydrogen-bond acceptors (Lipinski definition) is 5. The fraction of sp³-hybridized carbons (Fsp3) is 0.267. The molecule has 0 saturated carbocycles. The molecule has 0 atom stereocenters. The first-order valence-corrected chi connectivity index (χ1v) is 7.69. The maximum absolute atomic E-state index is 12.2. The van der Waals surface area contributed by atoms with Crippen molar-refractivity contribution in [3.8, 4) is 0 Å². The molecule has 0 aliphatic rings. The molecule has 0 aliphatic carbocycles. The highest BCUT2D eigenvalue weighted by molar-refractivity contribution is 7.98. The van der Waals surface area contributed by atoms with Gasteiger partial charge in [-0.1, -0.05) is 30.3 Å². The number of rotatable bonds is 5. The van der Waals surface area contributed by atoms with E-state index in [-0.39, 0.29) is 5.91 Å². The highest BCUT2D eigenvalue weighted by atomic mass is 32.2. The van der Waals surface area contributed by atoms with Crippen LogP contribution in [0, 0.1) is 13.8 Å². The third kappa shape index (κ3) is 4.03. The van der Waals surface area contributed by atoms with E-state index >= 15 is 0 Å². The van der Waals surface area contributed by atoms with Crippen LogP contribution in [0.25, 0.3) is 0 Å². The number of nitrogens with zero attached hydrogens (tertiary/aromatic N) is 2. The standard InChI is InChI=1S/C15H17N3O2S/c1-10-13(15(21-3)17-11(2)16-10)14(19)18-20-9-12-7-5-4-6-8-12/h4-8H,9H2,1-3H3,(H,18,19). The minimum atomic E-state index is -0.326. The molecule has 2 aromatic rings. The second-order valence-corrected chi connectivity index (χ2v) is 5.24. The Morgan fingerprint density at radius 1 is 1.24 bits per heavy atom. The third-order valence-corrected chi connectivity index (χ3v) is 3.52. The minimum Gasteiger partial charge on any atom is -0.269 e. The van der Waals surface area contributed by atoms with Gasteiger partial charge < -0.3 is 0 Å². The number of amides is 1. The summed E-state index contributed by atoms with van der Waals surface area (Å²) in [6, 6.07) is 9.63. The Bertz CT molecular complexity index is 632. The Morgan fingerprint density at radius 3 is 2.62 bits per heavy atom. The van der Waals surface area contributed by atoms with Gasteiger partial charge >= 0.3 is 0 Å². The molecule has 0 aliphatic heterocycles. The van der Waals surface area contributed by atoms with Crippen molar-refractivity contribution in [2.24, 2.45) is 0 Å². The lowest BCUT2D eigenvalue weighted by Gasteiger charge is -2.11. The van der Waals surface area contributed by atoms with Crippen molar-refractivity contribution >= 4 is 17.7 Å². The summed E-state index contributed by atoms with van der Waals surface area (Å²) in [5.74, 6) is 0.325. The lowest BCUT2D eigenvalue weighted by Crippen LogP contribution is -2.26. The van der Waals surface area contributed by atoms with Gasteiger partial charge in [-0.3, -0.25) is 9.63 Å². The molecule has 0 unspecified atom stereocenters. The van der Waals surface area contributed by atoms with E-state index in [9.17, 15) is 4.79 Å². The number of hydrogen-bond donors (Lipinski definition) is 1. The van der Waals surface area contributed by atoms with Crippen molar-refractivity contribution in [2.75, 3.05) is 6.26 Å². The summed E-state index contributed by atoms with van der Waals surface area (Å²) in [6.45, 7) is 3.91. The molecule has 1 heterocycles. The summed E-state index contributed by atoms with van der Waals surface area (Å²) in [5.41, 5.74) is 4.54. The summed E-state index contributed by atoms with van der Waals surface area (Å²) in [6.07, 6.45) is 1.88. The smallest absolute Gasteiger partial charge is 0.269 e. The number of thioether (sulfide) groups is 1. The van der Waals surface area contributed by atoms with E-state index in [0.717, 1.165) is 5.56 Å². The van der Waals surface area contributed by atoms with Crippen LogP contribution in [0.5, 0.6) is 0 Å². The van der Waals surface area contributed by atoms with Crippen LogP contribution in [0.4, 0.5) is 0 Å². The Morgan fingerprint density at radius 2 is 1.95 bits per heavy atom. The molecule has 1 aromatic heterocycles. The molecular formula is C15H17N3O2S. The lowest BCUT2D eigenvalue weighted by molar-refractivity contribution is 0.0229. The fourth-order valence-electron chi connectivity index (χ4n) is 1.90. The van der Waals surface area contributed by atoms with Crippen molar-refractivity contribution in [1.29, 1.82) is 0 Å². The van der Waals surface area contributed by atoms with Gasteiger partial charge in [0.15, 0.2) is 0 Å². The Balaban J connectivity index is 2.04. The minimum absolute atomic E-state index is 0.312. The number of aromatic nitrogens is 2. The van der Waals surface area contributed by atoms with Crippen LogP contribution in [0.2, 0.25) is 0 Å². The second kappa shape index (κ2) is 7.19. The van der Waals surface area contributed by atoms with E-state index in [4.69, 9.17) is 4.84 Å². The SMILES string of the molecule is CSc1nc(C)nc(C)c1C(=O)NOCc1ccccc1. The normalized spacial score (nSPS) is 10.4. The molecule has 1 aromatic carbocycles. The molecule has 5 nitrogen and oxygen atoms in total. The van der Waals surface area contributed by atoms with E-state index in [2.05, 4.69) is 15.4 Å². The molecule has 21 heavy (non-hydrogen) atoms. The van der Waals surface area contributed by atoms with Gasteiger partial charge in [0.1, 0.15) is 10.9 Å². The molecule has 6 heteroatoms. The summed E-state index contributed by atoms with van der Waals surface area (Å²) < 4.78 is 0. The van der Waals surface area contributed by atoms with Crippen molar-refractivity contribution in [3.63, 3.8) is 0 Å². The van der Waals surface area contributed by atoms with E-state index in [1.165, 1.54) is 11.8 Å². The van der Waals surface area contributed by atoms with Gasteiger partial charge in [-0.15, -0.1) is 11.8 Å². The van der Waals surface area contributed by atoms with Crippen molar-refractivity contribution in [3.05, 3.63) is 53.0 Å². The number of aryl methyl sites for hydroxylation is 2. The first kappa shape index (κ1) is 15.5. The highest BCUT2D eigenvalue weighted by Gasteiger charge is 2.17. The molecule has 0 radical (unpaired) electrons. The number of carbonyl (C=O) groups is 1. The molecule has 0 spiro atoms. The van der Waals surface area contributed by atoms with Gasteiger partial charge in [0.25, 0.3) is 5.91 Å². The summed E-state index contributed by atoms with van der Waals surface area (Å²) in [7, 11) is 0. The molecule has 0 fully saturated rings. The van der Waals surface area contributed by atoms with Gasteiger partial charge in [0, 0.05) is 0 Å². The van der Waals surface area contributed by atoms with Crippen molar-refractivity contribution in [2.45, 2.75) is 25.5 Å². The predicted molar refractivity (Wildman–Crippen MR) is 82.0 cm³/mol. The van der Waals surface area contributed by atoms with Crippen molar-refractivity contribution in [1.82, 2.24) is 15.4 Å². The van der Waals surface area contributed by atoms with Crippen LogP contribution < -0.4 is 5.48 Å². The summed E-state index contributed by atoms with van der Waals surface area (Å²) in [5, 5.41) is 0.654. The largest absolute Gasteiger partial charge is 0.279 e. The van der Waals surface area contributed by atoms with Gasteiger partial charge in [0.2, 0.25) is 0 Å². The van der Waals surface area contributed by atoms with E-state index < -0.39 is 0 Å². The highest BCUT2D eigenvalue weighted by Crippen LogP contribution is 2.20. The van der Waals surface area contributed by atoms with Gasteiger partial charge in [-0.25, -0.2) is 15.4 Å². The first-order chi connectivity index (χ1) is 10.1. The number of carbonyl (C=O) groups excluding carboxylic acids is 1. The maximum Gasteiger partial charge on any atom is 0.279 e. The number of nitrogens with one attached hydrogen (secondary N) is 1. The molecule has 1 amide bonds. The topological polar surface area (TPSA) is 64.1 Å². The fourth-order valence-corrected chi connectivity index (χ4v) is 2.57. The van der Waals surface area contributed by atoms with Crippen LogP contribution in [0.3, 0.4) is 0 Å². The van der Waals surface area contributed by atoms with Crippen LogP contribution in [-0.2, 0) is 11.4 Å². The molecule has 2 rings (SSSR count). The Kier molecular flexibility index (Phi) is 5.30. The summed E-state index contributed by atoms with van der Waals surface area (Å²) in [4.78, 5) is 26.0. The quantitative estimate of drug-likeness (QED) is 0.522. The monoisotopic (exact) mass is 303 g/mol. The zero-order valence-electron chi connectivity index (χ0n) is 12.2. The van der Waals surface area contributed by atoms with Crippen LogP contribution in [0.15, 0.2) is 35.4 Å². The summed E-state index contributed by atoms with van der Waals surface area (Å²) >= 11 is 1.41. The number of benzene rings is 1. The van der Waals surface area contributed by atoms with Gasteiger partial charge in [-0.05, 0) is 25.7 Å². The third-order valence-electron chi connectivity index (χ3n) is 2.84. The molecule has 110 valence electrons. The van der Waals surface area contributed by atoms with Crippen LogP contribution >= 0.6 is 11.8 Å². The maximum atomic E-state index is 12.2. The molecular weight excluding hydrogens is 286 g/mol. The van der Waals surface area contributed by atoms with Gasteiger partial charge in [-0.2, -0.15) is 0 Å². The zero-order chi connectivity index (χ0) is 15.2. The average Bonchev–Trinajstić information content (AvgIpc) is 2.47. The average molecular weight is 303 g/mol. The van der Waals surface area contributed by atoms with E-state index in [1.54, 1.807) is 13.8 Å². The Hall–Kier alpha value is -1.92. The predicted octanol–water partition coefficient (Wildman–Crippen LogP) is 2.68. The van der Waals surface area contributed by atoms with Crippen LogP contribution in [-0.4, -0.2) is 22.1 Å². The lowest BCUT2D eigenvalue weighted by atomic mass is 10.2. The second-order valence-electron chi connectivity index (χ2n) is 4.45. The number of hydroxylamine groups is 1. The van der Waals surface area contributed by atoms with Crippen LogP contribution in [0.1, 0.15) is 27.4 Å². The molecule has 0 bridgehead atoms. The van der Waals surface area contributed by atoms with Crippen molar-refractivity contribution < 1.29 is 9.63 Å².